The van der Waals surface area contributed by atoms with Gasteiger partial charge in [0.1, 0.15) is 5.69 Å². The monoisotopic (exact) mass is 263 g/mol. The fourth-order valence-electron chi connectivity index (χ4n) is 3.50. The molecule has 0 saturated heterocycles. The normalized spacial score (nSPS) is 28.6. The van der Waals surface area contributed by atoms with E-state index in [9.17, 15) is 10.1 Å². The average molecular weight is 263 g/mol. The summed E-state index contributed by atoms with van der Waals surface area (Å²) >= 11 is 0. The molecular formula is C12H17N5O2. The highest BCUT2D eigenvalue weighted by Gasteiger charge is 2.40. The van der Waals surface area contributed by atoms with Gasteiger partial charge in [-0.3, -0.25) is 10.1 Å². The Morgan fingerprint density at radius 1 is 1.37 bits per heavy atom. The van der Waals surface area contributed by atoms with Crippen molar-refractivity contribution in [3.8, 4) is 0 Å². The fourth-order valence-corrected chi connectivity index (χ4v) is 3.50. The number of hydrogen-bond acceptors (Lipinski definition) is 6. The first kappa shape index (κ1) is 12.1. The van der Waals surface area contributed by atoms with Crippen molar-refractivity contribution < 1.29 is 4.92 Å². The zero-order valence-electron chi connectivity index (χ0n) is 10.8. The average Bonchev–Trinajstić information content (AvgIpc) is 2.88. The minimum absolute atomic E-state index is 0.0584. The summed E-state index contributed by atoms with van der Waals surface area (Å²) in [4.78, 5) is 18.6. The van der Waals surface area contributed by atoms with Crippen molar-refractivity contribution >= 4 is 17.5 Å². The molecule has 3 atom stereocenters. The molecule has 7 nitrogen and oxygen atoms in total. The molecule has 0 aromatic carbocycles. The summed E-state index contributed by atoms with van der Waals surface area (Å²) in [6, 6.07) is 0.283. The molecule has 1 aromatic rings. The van der Waals surface area contributed by atoms with Gasteiger partial charge in [-0.05, 0) is 38.0 Å². The largest absolute Gasteiger partial charge is 0.368 e. The second-order valence-corrected chi connectivity index (χ2v) is 5.55. The van der Waals surface area contributed by atoms with E-state index in [1.165, 1.54) is 19.3 Å². The maximum Gasteiger partial charge on any atom is 0.332 e. The Balaban J connectivity index is 1.89. The third kappa shape index (κ3) is 2.09. The van der Waals surface area contributed by atoms with Gasteiger partial charge >= 0.3 is 5.69 Å². The Labute approximate surface area is 110 Å². The van der Waals surface area contributed by atoms with Gasteiger partial charge in [0.15, 0.2) is 0 Å². The lowest BCUT2D eigenvalue weighted by Crippen LogP contribution is -2.27. The summed E-state index contributed by atoms with van der Waals surface area (Å²) < 4.78 is 0. The third-order valence-corrected chi connectivity index (χ3v) is 4.32. The predicted octanol–water partition coefficient (Wildman–Crippen LogP) is 1.88. The molecule has 0 amide bonds. The summed E-state index contributed by atoms with van der Waals surface area (Å²) in [6.45, 7) is 1.59. The molecule has 2 bridgehead atoms. The zero-order valence-corrected chi connectivity index (χ0v) is 10.8. The van der Waals surface area contributed by atoms with E-state index in [0.29, 0.717) is 11.6 Å². The van der Waals surface area contributed by atoms with Gasteiger partial charge in [-0.15, -0.1) is 0 Å². The van der Waals surface area contributed by atoms with E-state index < -0.39 is 4.92 Å². The van der Waals surface area contributed by atoms with Crippen molar-refractivity contribution in [2.75, 3.05) is 11.1 Å². The van der Waals surface area contributed by atoms with Crippen LogP contribution in [0.25, 0.3) is 0 Å². The van der Waals surface area contributed by atoms with Crippen LogP contribution < -0.4 is 11.1 Å². The van der Waals surface area contributed by atoms with Crippen LogP contribution in [0.15, 0.2) is 0 Å². The van der Waals surface area contributed by atoms with E-state index in [1.807, 2.05) is 0 Å². The highest BCUT2D eigenvalue weighted by Crippen LogP contribution is 2.46. The molecule has 0 spiro atoms. The molecule has 1 heterocycles. The second kappa shape index (κ2) is 4.32. The van der Waals surface area contributed by atoms with Gasteiger partial charge in [0.25, 0.3) is 0 Å². The number of nitrogens with one attached hydrogen (secondary N) is 1. The highest BCUT2D eigenvalue weighted by molar-refractivity contribution is 5.60. The second-order valence-electron chi connectivity index (χ2n) is 5.55. The molecule has 7 heteroatoms. The number of anilines is 2. The van der Waals surface area contributed by atoms with Crippen LogP contribution in [0.3, 0.4) is 0 Å². The van der Waals surface area contributed by atoms with E-state index in [1.54, 1.807) is 6.92 Å². The van der Waals surface area contributed by atoms with Crippen molar-refractivity contribution in [3.05, 3.63) is 15.8 Å². The van der Waals surface area contributed by atoms with Gasteiger partial charge in [0, 0.05) is 6.04 Å². The standard InChI is InChI=1S/C12H17N5O2/c1-6-10(17(18)19)11(16-12(13)14-6)15-9-5-7-2-3-8(9)4-7/h7-9H,2-5H2,1H3,(H3,13,14,15,16). The minimum Gasteiger partial charge on any atom is -0.368 e. The molecule has 2 aliphatic carbocycles. The van der Waals surface area contributed by atoms with Crippen LogP contribution in [0.1, 0.15) is 31.4 Å². The predicted molar refractivity (Wildman–Crippen MR) is 70.7 cm³/mol. The summed E-state index contributed by atoms with van der Waals surface area (Å²) in [5, 5.41) is 14.4. The van der Waals surface area contributed by atoms with Crippen LogP contribution in [0.2, 0.25) is 0 Å². The van der Waals surface area contributed by atoms with Crippen molar-refractivity contribution in [3.63, 3.8) is 0 Å². The summed E-state index contributed by atoms with van der Waals surface area (Å²) in [7, 11) is 0. The SMILES string of the molecule is Cc1nc(N)nc(NC2CC3CCC2C3)c1[N+](=O)[O-]. The van der Waals surface area contributed by atoms with Crippen LogP contribution in [-0.2, 0) is 0 Å². The van der Waals surface area contributed by atoms with E-state index in [-0.39, 0.29) is 23.5 Å². The first-order valence-corrected chi connectivity index (χ1v) is 6.59. The fraction of sp³-hybridized carbons (Fsp3) is 0.667. The first-order chi connectivity index (χ1) is 9.04. The smallest absolute Gasteiger partial charge is 0.332 e. The molecule has 3 N–H and O–H groups in total. The molecule has 2 fully saturated rings. The molecule has 19 heavy (non-hydrogen) atoms. The molecule has 2 aliphatic rings. The van der Waals surface area contributed by atoms with E-state index in [0.717, 1.165) is 12.3 Å². The van der Waals surface area contributed by atoms with Crippen molar-refractivity contribution in [2.45, 2.75) is 38.6 Å². The Hall–Kier alpha value is -1.92. The van der Waals surface area contributed by atoms with E-state index in [4.69, 9.17) is 5.73 Å². The van der Waals surface area contributed by atoms with E-state index >= 15 is 0 Å². The molecule has 3 rings (SSSR count). The van der Waals surface area contributed by atoms with Crippen LogP contribution in [0, 0.1) is 28.9 Å². The zero-order chi connectivity index (χ0) is 13.6. The topological polar surface area (TPSA) is 107 Å². The number of aromatic nitrogens is 2. The van der Waals surface area contributed by atoms with Crippen LogP contribution in [-0.4, -0.2) is 20.9 Å². The summed E-state index contributed by atoms with van der Waals surface area (Å²) in [6.07, 6.45) is 4.79. The Morgan fingerprint density at radius 3 is 2.74 bits per heavy atom. The highest BCUT2D eigenvalue weighted by atomic mass is 16.6. The number of nitro groups is 1. The number of nitrogens with two attached hydrogens (primary N) is 1. The van der Waals surface area contributed by atoms with Gasteiger partial charge in [0.2, 0.25) is 11.8 Å². The van der Waals surface area contributed by atoms with Crippen molar-refractivity contribution in [2.24, 2.45) is 11.8 Å². The van der Waals surface area contributed by atoms with E-state index in [2.05, 4.69) is 15.3 Å². The Bertz CT molecular complexity index is 533. The number of hydrogen-bond donors (Lipinski definition) is 2. The third-order valence-electron chi connectivity index (χ3n) is 4.32. The van der Waals surface area contributed by atoms with Crippen LogP contribution >= 0.6 is 0 Å². The van der Waals surface area contributed by atoms with Crippen LogP contribution in [0.5, 0.6) is 0 Å². The molecule has 0 radical (unpaired) electrons. The van der Waals surface area contributed by atoms with Crippen LogP contribution in [0.4, 0.5) is 17.5 Å². The number of nitrogen functional groups attached to an aromatic ring is 1. The molecule has 1 aromatic heterocycles. The van der Waals surface area contributed by atoms with Gasteiger partial charge in [0.05, 0.1) is 4.92 Å². The summed E-state index contributed by atoms with van der Waals surface area (Å²) in [5.41, 5.74) is 5.84. The quantitative estimate of drug-likeness (QED) is 0.636. The van der Waals surface area contributed by atoms with Gasteiger partial charge in [-0.2, -0.15) is 4.98 Å². The number of fused-ring (bicyclic) bond motifs is 2. The first-order valence-electron chi connectivity index (χ1n) is 6.59. The van der Waals surface area contributed by atoms with Gasteiger partial charge in [-0.25, -0.2) is 4.98 Å². The van der Waals surface area contributed by atoms with Crippen molar-refractivity contribution in [1.29, 1.82) is 0 Å². The van der Waals surface area contributed by atoms with Crippen molar-refractivity contribution in [1.82, 2.24) is 9.97 Å². The maximum absolute atomic E-state index is 11.1. The maximum atomic E-state index is 11.1. The lowest BCUT2D eigenvalue weighted by molar-refractivity contribution is -0.385. The molecule has 0 aliphatic heterocycles. The number of nitrogens with zero attached hydrogens (tertiary/aromatic N) is 3. The summed E-state index contributed by atoms with van der Waals surface area (Å²) in [5.74, 6) is 1.73. The lowest BCUT2D eigenvalue weighted by Gasteiger charge is -2.23. The number of aryl methyl sites for hydroxylation is 1. The molecular weight excluding hydrogens is 246 g/mol. The Morgan fingerprint density at radius 2 is 2.16 bits per heavy atom. The van der Waals surface area contributed by atoms with Gasteiger partial charge < -0.3 is 11.1 Å². The Kier molecular flexibility index (Phi) is 2.76. The minimum atomic E-state index is -0.440. The van der Waals surface area contributed by atoms with Gasteiger partial charge in [-0.1, -0.05) is 6.42 Å². The molecule has 102 valence electrons. The number of rotatable bonds is 3. The lowest BCUT2D eigenvalue weighted by atomic mass is 9.95. The molecule has 3 unspecified atom stereocenters. The molecule has 2 saturated carbocycles.